The zero-order chi connectivity index (χ0) is 22.3. The maximum absolute atomic E-state index is 13.4. The first-order chi connectivity index (χ1) is 15.6. The van der Waals surface area contributed by atoms with Crippen LogP contribution in [-0.4, -0.2) is 27.8 Å². The summed E-state index contributed by atoms with van der Waals surface area (Å²) >= 11 is 7.34. The van der Waals surface area contributed by atoms with Crippen LogP contribution in [0.15, 0.2) is 90.2 Å². The van der Waals surface area contributed by atoms with E-state index in [0.717, 1.165) is 23.4 Å². The van der Waals surface area contributed by atoms with Crippen LogP contribution in [0.5, 0.6) is 0 Å². The third kappa shape index (κ3) is 5.78. The molecule has 4 aromatic rings. The third-order valence-corrected chi connectivity index (χ3v) is 6.03. The number of carbonyl (C=O) groups is 1. The first kappa shape index (κ1) is 22.1. The zero-order valence-corrected chi connectivity index (χ0v) is 18.7. The summed E-state index contributed by atoms with van der Waals surface area (Å²) in [6.45, 7) is 0.575. The van der Waals surface area contributed by atoms with Crippen LogP contribution in [0.25, 0.3) is 16.9 Å². The van der Waals surface area contributed by atoms with Gasteiger partial charge >= 0.3 is 0 Å². The van der Waals surface area contributed by atoms with Gasteiger partial charge in [-0.3, -0.25) is 9.36 Å². The van der Waals surface area contributed by atoms with Gasteiger partial charge in [0.1, 0.15) is 5.82 Å². The monoisotopic (exact) mass is 465 g/mol. The van der Waals surface area contributed by atoms with Crippen molar-refractivity contribution in [2.75, 3.05) is 12.3 Å². The first-order valence-corrected chi connectivity index (χ1v) is 11.5. The van der Waals surface area contributed by atoms with Gasteiger partial charge in [0.05, 0.1) is 11.4 Å². The number of hydrogen-bond donors (Lipinski definition) is 1. The molecule has 7 heteroatoms. The predicted molar refractivity (Wildman–Crippen MR) is 128 cm³/mol. The summed E-state index contributed by atoms with van der Waals surface area (Å²) in [6.07, 6.45) is 2.66. The third-order valence-electron chi connectivity index (χ3n) is 4.83. The number of carbonyl (C=O) groups excluding carboxylic acids is 1. The fourth-order valence-corrected chi connectivity index (χ4v) is 4.13. The number of amides is 1. The molecule has 32 heavy (non-hydrogen) atoms. The number of nitrogens with one attached hydrogen (secondary N) is 1. The Morgan fingerprint density at radius 2 is 1.72 bits per heavy atom. The Kier molecular flexibility index (Phi) is 7.24. The van der Waals surface area contributed by atoms with Gasteiger partial charge in [-0.05, 0) is 48.4 Å². The van der Waals surface area contributed by atoms with Crippen LogP contribution in [0.2, 0.25) is 5.02 Å². The van der Waals surface area contributed by atoms with Crippen molar-refractivity contribution in [1.29, 1.82) is 0 Å². The number of imidazole rings is 1. The molecule has 0 saturated heterocycles. The predicted octanol–water partition coefficient (Wildman–Crippen LogP) is 5.78. The van der Waals surface area contributed by atoms with Gasteiger partial charge in [0.25, 0.3) is 0 Å². The van der Waals surface area contributed by atoms with Gasteiger partial charge in [0.15, 0.2) is 5.16 Å². The molecular weight excluding hydrogens is 445 g/mol. The molecule has 0 aliphatic rings. The van der Waals surface area contributed by atoms with Crippen LogP contribution in [0.3, 0.4) is 0 Å². The number of rotatable bonds is 8. The average molecular weight is 466 g/mol. The molecule has 4 rings (SSSR count). The minimum atomic E-state index is -0.307. The van der Waals surface area contributed by atoms with Crippen LogP contribution in [0.1, 0.15) is 5.56 Å². The molecule has 0 radical (unpaired) electrons. The van der Waals surface area contributed by atoms with Gasteiger partial charge < -0.3 is 5.32 Å². The highest BCUT2D eigenvalue weighted by Gasteiger charge is 2.14. The van der Waals surface area contributed by atoms with Gasteiger partial charge in [0, 0.05) is 29.0 Å². The van der Waals surface area contributed by atoms with Crippen molar-refractivity contribution in [3.8, 4) is 16.9 Å². The van der Waals surface area contributed by atoms with Crippen LogP contribution in [0, 0.1) is 5.82 Å². The normalized spacial score (nSPS) is 10.8. The Hall–Kier alpha value is -3.09. The maximum atomic E-state index is 13.4. The summed E-state index contributed by atoms with van der Waals surface area (Å²) in [6, 6.07) is 23.6. The quantitative estimate of drug-likeness (QED) is 0.335. The van der Waals surface area contributed by atoms with E-state index in [0.29, 0.717) is 16.7 Å². The van der Waals surface area contributed by atoms with E-state index in [9.17, 15) is 9.18 Å². The maximum Gasteiger partial charge on any atom is 0.230 e. The minimum absolute atomic E-state index is 0.0624. The molecule has 0 aliphatic heterocycles. The lowest BCUT2D eigenvalue weighted by Crippen LogP contribution is -2.27. The number of hydrogen-bond acceptors (Lipinski definition) is 3. The van der Waals surface area contributed by atoms with Crippen molar-refractivity contribution in [1.82, 2.24) is 14.9 Å². The van der Waals surface area contributed by atoms with E-state index in [1.807, 2.05) is 53.2 Å². The summed E-state index contributed by atoms with van der Waals surface area (Å²) < 4.78 is 15.3. The molecule has 0 saturated carbocycles. The highest BCUT2D eigenvalue weighted by molar-refractivity contribution is 7.99. The summed E-state index contributed by atoms with van der Waals surface area (Å²) in [5.41, 5.74) is 3.61. The van der Waals surface area contributed by atoms with Crippen LogP contribution in [-0.2, 0) is 11.2 Å². The lowest BCUT2D eigenvalue weighted by Gasteiger charge is -2.08. The lowest BCUT2D eigenvalue weighted by molar-refractivity contribution is -0.118. The van der Waals surface area contributed by atoms with Crippen molar-refractivity contribution in [3.63, 3.8) is 0 Å². The van der Waals surface area contributed by atoms with Crippen molar-refractivity contribution in [3.05, 3.63) is 101 Å². The number of halogens is 2. The molecule has 0 spiro atoms. The molecule has 0 fully saturated rings. The molecule has 0 unspecified atom stereocenters. The standard InChI is InChI=1S/C25H21ClFN3OS/c26-20-8-6-19(7-9-20)23-16-30(22-12-10-21(27)11-13-22)25(29-23)32-17-24(31)28-15-14-18-4-2-1-3-5-18/h1-13,16H,14-15,17H2,(H,28,31). The second kappa shape index (κ2) is 10.5. The molecule has 162 valence electrons. The summed E-state index contributed by atoms with van der Waals surface area (Å²) in [5, 5.41) is 4.25. The molecular formula is C25H21ClFN3OS. The zero-order valence-electron chi connectivity index (χ0n) is 17.2. The molecule has 3 aromatic carbocycles. The van der Waals surface area contributed by atoms with E-state index in [2.05, 4.69) is 5.32 Å². The fraction of sp³-hybridized carbons (Fsp3) is 0.120. The number of benzene rings is 3. The highest BCUT2D eigenvalue weighted by Crippen LogP contribution is 2.28. The number of nitrogens with zero attached hydrogens (tertiary/aromatic N) is 2. The molecule has 1 amide bonds. The van der Waals surface area contributed by atoms with E-state index >= 15 is 0 Å². The SMILES string of the molecule is O=C(CSc1nc(-c2ccc(Cl)cc2)cn1-c1ccc(F)cc1)NCCc1ccccc1. The van der Waals surface area contributed by atoms with Crippen molar-refractivity contribution in [2.45, 2.75) is 11.6 Å². The number of aromatic nitrogens is 2. The molecule has 0 aliphatic carbocycles. The Balaban J connectivity index is 1.46. The Labute approximate surface area is 195 Å². The first-order valence-electron chi connectivity index (χ1n) is 10.1. The van der Waals surface area contributed by atoms with Gasteiger partial charge in [-0.25, -0.2) is 9.37 Å². The van der Waals surface area contributed by atoms with Gasteiger partial charge in [-0.2, -0.15) is 0 Å². The molecule has 0 bridgehead atoms. The average Bonchev–Trinajstić information content (AvgIpc) is 3.23. The minimum Gasteiger partial charge on any atom is -0.355 e. The van der Waals surface area contributed by atoms with E-state index < -0.39 is 0 Å². The smallest absolute Gasteiger partial charge is 0.230 e. The fourth-order valence-electron chi connectivity index (χ4n) is 3.18. The second-order valence-corrected chi connectivity index (χ2v) is 8.52. The Bertz CT molecular complexity index is 1180. The van der Waals surface area contributed by atoms with E-state index in [1.54, 1.807) is 24.3 Å². The van der Waals surface area contributed by atoms with E-state index in [-0.39, 0.29) is 17.5 Å². The van der Waals surface area contributed by atoms with Crippen LogP contribution in [0.4, 0.5) is 4.39 Å². The van der Waals surface area contributed by atoms with Crippen molar-refractivity contribution in [2.24, 2.45) is 0 Å². The molecule has 0 atom stereocenters. The van der Waals surface area contributed by atoms with Gasteiger partial charge in [-0.15, -0.1) is 0 Å². The van der Waals surface area contributed by atoms with Crippen molar-refractivity contribution >= 4 is 29.3 Å². The largest absolute Gasteiger partial charge is 0.355 e. The Morgan fingerprint density at radius 1 is 1.00 bits per heavy atom. The van der Waals surface area contributed by atoms with Gasteiger partial charge in [0.2, 0.25) is 5.91 Å². The van der Waals surface area contributed by atoms with Crippen molar-refractivity contribution < 1.29 is 9.18 Å². The topological polar surface area (TPSA) is 46.9 Å². The molecule has 1 heterocycles. The van der Waals surface area contributed by atoms with Crippen LogP contribution < -0.4 is 5.32 Å². The van der Waals surface area contributed by atoms with E-state index in [4.69, 9.17) is 16.6 Å². The summed E-state index contributed by atoms with van der Waals surface area (Å²) in [4.78, 5) is 17.1. The molecule has 4 nitrogen and oxygen atoms in total. The lowest BCUT2D eigenvalue weighted by atomic mass is 10.1. The molecule has 1 aromatic heterocycles. The Morgan fingerprint density at radius 3 is 2.44 bits per heavy atom. The molecule has 1 N–H and O–H groups in total. The van der Waals surface area contributed by atoms with Gasteiger partial charge in [-0.1, -0.05) is 65.8 Å². The van der Waals surface area contributed by atoms with E-state index in [1.165, 1.54) is 29.5 Å². The summed E-state index contributed by atoms with van der Waals surface area (Å²) in [7, 11) is 0. The highest BCUT2D eigenvalue weighted by atomic mass is 35.5. The second-order valence-electron chi connectivity index (χ2n) is 7.14. The van der Waals surface area contributed by atoms with Crippen LogP contribution >= 0.6 is 23.4 Å². The number of thioether (sulfide) groups is 1. The summed E-state index contributed by atoms with van der Waals surface area (Å²) in [5.74, 6) is -0.140.